The van der Waals surface area contributed by atoms with Crippen LogP contribution in [-0.4, -0.2) is 29.7 Å². The van der Waals surface area contributed by atoms with Gasteiger partial charge in [-0.25, -0.2) is 0 Å². The Hall–Kier alpha value is -2.62. The van der Waals surface area contributed by atoms with Gasteiger partial charge in [-0.05, 0) is 17.5 Å². The van der Waals surface area contributed by atoms with Gasteiger partial charge in [-0.2, -0.15) is 0 Å². The summed E-state index contributed by atoms with van der Waals surface area (Å²) in [5.74, 6) is 0.113. The second kappa shape index (κ2) is 7.77. The maximum absolute atomic E-state index is 12.7. The van der Waals surface area contributed by atoms with Gasteiger partial charge in [0.1, 0.15) is 7.11 Å². The van der Waals surface area contributed by atoms with Crippen LogP contribution >= 0.6 is 0 Å². The Bertz CT molecular complexity index is 698. The van der Waals surface area contributed by atoms with Crippen molar-refractivity contribution in [3.8, 4) is 0 Å². The number of benzene rings is 2. The first-order valence-corrected chi connectivity index (χ1v) is 8.22. The molecular weight excluding hydrogens is 300 g/mol. The Balaban J connectivity index is 1.82. The van der Waals surface area contributed by atoms with E-state index in [-0.39, 0.29) is 11.9 Å². The standard InChI is InChI=1S/C20H22N2O2/c1-24-21-18-13-19(12-16-8-4-2-5-9-16)22(20(23)14-18)15-17-10-6-3-7-11-17/h2-11,19H,12-15H2,1H3. The summed E-state index contributed by atoms with van der Waals surface area (Å²) in [5, 5.41) is 4.04. The first kappa shape index (κ1) is 16.2. The number of likely N-dealkylation sites (tertiary alicyclic amines) is 1. The number of amides is 1. The molecule has 4 heteroatoms. The summed E-state index contributed by atoms with van der Waals surface area (Å²) in [5.41, 5.74) is 3.20. The lowest BCUT2D eigenvalue weighted by Crippen LogP contribution is -2.47. The van der Waals surface area contributed by atoms with Gasteiger partial charge in [-0.3, -0.25) is 4.79 Å². The molecule has 2 aromatic rings. The van der Waals surface area contributed by atoms with Crippen LogP contribution in [0.15, 0.2) is 65.8 Å². The minimum absolute atomic E-state index is 0.0998. The van der Waals surface area contributed by atoms with Crippen LogP contribution in [0.4, 0.5) is 0 Å². The SMILES string of the molecule is CON=C1CC(=O)N(Cc2ccccc2)C(Cc2ccccc2)C1. The molecule has 1 aliphatic heterocycles. The van der Waals surface area contributed by atoms with Crippen molar-refractivity contribution in [2.75, 3.05) is 7.11 Å². The van der Waals surface area contributed by atoms with Crippen molar-refractivity contribution in [2.24, 2.45) is 5.16 Å². The van der Waals surface area contributed by atoms with Crippen LogP contribution in [0.2, 0.25) is 0 Å². The monoisotopic (exact) mass is 322 g/mol. The van der Waals surface area contributed by atoms with Gasteiger partial charge in [0.15, 0.2) is 0 Å². The van der Waals surface area contributed by atoms with Crippen LogP contribution in [0.25, 0.3) is 0 Å². The topological polar surface area (TPSA) is 41.9 Å². The molecule has 1 atom stereocenters. The Kier molecular flexibility index (Phi) is 5.26. The summed E-state index contributed by atoms with van der Waals surface area (Å²) in [4.78, 5) is 19.6. The molecule has 2 aromatic carbocycles. The van der Waals surface area contributed by atoms with Crippen molar-refractivity contribution in [2.45, 2.75) is 31.8 Å². The molecule has 3 rings (SSSR count). The highest BCUT2D eigenvalue weighted by atomic mass is 16.6. The van der Waals surface area contributed by atoms with Crippen LogP contribution in [-0.2, 0) is 22.6 Å². The van der Waals surface area contributed by atoms with Gasteiger partial charge in [0.05, 0.1) is 12.1 Å². The van der Waals surface area contributed by atoms with Gasteiger partial charge >= 0.3 is 0 Å². The number of nitrogens with zero attached hydrogens (tertiary/aromatic N) is 2. The van der Waals surface area contributed by atoms with E-state index in [1.54, 1.807) is 0 Å². The van der Waals surface area contributed by atoms with Crippen LogP contribution in [0.5, 0.6) is 0 Å². The molecule has 1 amide bonds. The van der Waals surface area contributed by atoms with E-state index >= 15 is 0 Å². The largest absolute Gasteiger partial charge is 0.399 e. The second-order valence-electron chi connectivity index (χ2n) is 6.07. The zero-order chi connectivity index (χ0) is 16.8. The summed E-state index contributed by atoms with van der Waals surface area (Å²) < 4.78 is 0. The van der Waals surface area contributed by atoms with E-state index < -0.39 is 0 Å². The molecule has 0 radical (unpaired) electrons. The molecule has 1 heterocycles. The molecule has 124 valence electrons. The Labute approximate surface area is 142 Å². The Morgan fingerprint density at radius 1 is 1.04 bits per heavy atom. The molecule has 0 bridgehead atoms. The van der Waals surface area contributed by atoms with Gasteiger partial charge in [0.2, 0.25) is 5.91 Å². The highest BCUT2D eigenvalue weighted by molar-refractivity contribution is 6.03. The van der Waals surface area contributed by atoms with Crippen LogP contribution < -0.4 is 0 Å². The molecule has 0 spiro atoms. The summed E-state index contributed by atoms with van der Waals surface area (Å²) in [7, 11) is 1.53. The number of hydrogen-bond acceptors (Lipinski definition) is 3. The average molecular weight is 322 g/mol. The van der Waals surface area contributed by atoms with E-state index in [0.29, 0.717) is 13.0 Å². The number of hydrogen-bond donors (Lipinski definition) is 0. The minimum Gasteiger partial charge on any atom is -0.399 e. The highest BCUT2D eigenvalue weighted by Gasteiger charge is 2.32. The molecule has 0 aliphatic carbocycles. The van der Waals surface area contributed by atoms with Crippen molar-refractivity contribution in [1.82, 2.24) is 4.90 Å². The quantitative estimate of drug-likeness (QED) is 0.792. The van der Waals surface area contributed by atoms with Gasteiger partial charge in [-0.1, -0.05) is 65.8 Å². The van der Waals surface area contributed by atoms with Gasteiger partial charge < -0.3 is 9.74 Å². The fourth-order valence-electron chi connectivity index (χ4n) is 3.20. The first-order valence-electron chi connectivity index (χ1n) is 8.22. The van der Waals surface area contributed by atoms with Crippen molar-refractivity contribution in [1.29, 1.82) is 0 Å². The van der Waals surface area contributed by atoms with Crippen molar-refractivity contribution in [3.63, 3.8) is 0 Å². The van der Waals surface area contributed by atoms with Crippen molar-refractivity contribution < 1.29 is 9.63 Å². The van der Waals surface area contributed by atoms with Crippen molar-refractivity contribution in [3.05, 3.63) is 71.8 Å². The number of carbonyl (C=O) groups is 1. The van der Waals surface area contributed by atoms with E-state index in [1.807, 2.05) is 41.3 Å². The van der Waals surface area contributed by atoms with E-state index in [1.165, 1.54) is 12.7 Å². The lowest BCUT2D eigenvalue weighted by molar-refractivity contribution is -0.134. The van der Waals surface area contributed by atoms with Crippen LogP contribution in [0.3, 0.4) is 0 Å². The smallest absolute Gasteiger partial charge is 0.228 e. The lowest BCUT2D eigenvalue weighted by atomic mass is 9.93. The lowest BCUT2D eigenvalue weighted by Gasteiger charge is -2.36. The van der Waals surface area contributed by atoms with E-state index in [0.717, 1.165) is 24.1 Å². The third kappa shape index (κ3) is 4.02. The van der Waals surface area contributed by atoms with E-state index in [2.05, 4.69) is 29.4 Å². The van der Waals surface area contributed by atoms with Crippen molar-refractivity contribution >= 4 is 11.6 Å². The minimum atomic E-state index is 0.0998. The molecule has 24 heavy (non-hydrogen) atoms. The molecular formula is C20H22N2O2. The molecule has 1 aliphatic rings. The van der Waals surface area contributed by atoms with E-state index in [4.69, 9.17) is 4.84 Å². The Morgan fingerprint density at radius 3 is 2.29 bits per heavy atom. The second-order valence-corrected chi connectivity index (χ2v) is 6.07. The van der Waals surface area contributed by atoms with Crippen LogP contribution in [0, 0.1) is 0 Å². The summed E-state index contributed by atoms with van der Waals surface area (Å²) in [6.45, 7) is 0.636. The van der Waals surface area contributed by atoms with Crippen LogP contribution in [0.1, 0.15) is 24.0 Å². The first-order chi connectivity index (χ1) is 11.8. The number of rotatable bonds is 5. The van der Waals surface area contributed by atoms with Gasteiger partial charge in [-0.15, -0.1) is 0 Å². The number of carbonyl (C=O) groups excluding carboxylic acids is 1. The zero-order valence-electron chi connectivity index (χ0n) is 13.9. The predicted octanol–water partition coefficient (Wildman–Crippen LogP) is 3.42. The average Bonchev–Trinajstić information content (AvgIpc) is 2.60. The third-order valence-corrected chi connectivity index (χ3v) is 4.32. The predicted molar refractivity (Wildman–Crippen MR) is 94.6 cm³/mol. The maximum atomic E-state index is 12.7. The van der Waals surface area contributed by atoms with E-state index in [9.17, 15) is 4.79 Å². The molecule has 1 fully saturated rings. The number of piperidine rings is 1. The number of oxime groups is 1. The molecule has 4 nitrogen and oxygen atoms in total. The zero-order valence-corrected chi connectivity index (χ0v) is 13.9. The molecule has 0 aromatic heterocycles. The Morgan fingerprint density at radius 2 is 1.67 bits per heavy atom. The fourth-order valence-corrected chi connectivity index (χ4v) is 3.20. The summed E-state index contributed by atoms with van der Waals surface area (Å²) >= 11 is 0. The summed E-state index contributed by atoms with van der Waals surface area (Å²) in [6, 6.07) is 20.5. The van der Waals surface area contributed by atoms with Gasteiger partial charge in [0.25, 0.3) is 0 Å². The van der Waals surface area contributed by atoms with Gasteiger partial charge in [0, 0.05) is 19.0 Å². The third-order valence-electron chi connectivity index (χ3n) is 4.32. The molecule has 0 saturated carbocycles. The molecule has 0 N–H and O–H groups in total. The molecule has 1 unspecified atom stereocenters. The molecule has 1 saturated heterocycles. The fraction of sp³-hybridized carbons (Fsp3) is 0.300. The highest BCUT2D eigenvalue weighted by Crippen LogP contribution is 2.23. The normalized spacial score (nSPS) is 19.5. The maximum Gasteiger partial charge on any atom is 0.228 e. The summed E-state index contributed by atoms with van der Waals surface area (Å²) in [6.07, 6.45) is 1.91.